The first kappa shape index (κ1) is 9.74. The second-order valence-electron chi connectivity index (χ2n) is 2.00. The van der Waals surface area contributed by atoms with E-state index in [4.69, 9.17) is 0 Å². The molecule has 0 saturated carbocycles. The molecule has 0 aromatic heterocycles. The minimum Gasteiger partial charge on any atom is -0.340 e. The van der Waals surface area contributed by atoms with Gasteiger partial charge in [0.1, 0.15) is 0 Å². The molecule has 0 aromatic carbocycles. The molecule has 11 heavy (non-hydrogen) atoms. The first-order valence-electron chi connectivity index (χ1n) is 3.47. The smallest absolute Gasteiger partial charge is 0.333 e. The predicted octanol–water partition coefficient (Wildman–Crippen LogP) is -0.253. The molecular weight excluding hydrogens is 146 g/mol. The molecule has 0 heterocycles. The van der Waals surface area contributed by atoms with Crippen LogP contribution in [-0.2, 0) is 4.79 Å². The number of carbonyl (C=O) groups excluding carboxylic acids is 2. The average Bonchev–Trinajstić information content (AvgIpc) is 2.01. The van der Waals surface area contributed by atoms with Gasteiger partial charge in [-0.3, -0.25) is 10.2 Å². The van der Waals surface area contributed by atoms with Crippen LogP contribution >= 0.6 is 0 Å². The average molecular weight is 159 g/mol. The predicted molar refractivity (Wildman–Crippen MR) is 40.6 cm³/mol. The van der Waals surface area contributed by atoms with E-state index in [1.807, 2.05) is 6.92 Å². The molecule has 0 aromatic rings. The molecule has 64 valence electrons. The van der Waals surface area contributed by atoms with Crippen molar-refractivity contribution >= 4 is 11.9 Å². The van der Waals surface area contributed by atoms with Gasteiger partial charge in [-0.2, -0.15) is 0 Å². The van der Waals surface area contributed by atoms with E-state index in [1.54, 1.807) is 0 Å². The van der Waals surface area contributed by atoms with Crippen LogP contribution in [0.4, 0.5) is 4.79 Å². The summed E-state index contributed by atoms with van der Waals surface area (Å²) < 4.78 is 0. The second kappa shape index (κ2) is 5.52. The van der Waals surface area contributed by atoms with Crippen LogP contribution in [0.5, 0.6) is 0 Å². The number of hydrogen-bond acceptors (Lipinski definition) is 2. The largest absolute Gasteiger partial charge is 0.340 e. The molecule has 0 fully saturated rings. The molecule has 0 aliphatic rings. The molecule has 0 atom stereocenters. The van der Waals surface area contributed by atoms with Gasteiger partial charge in [0, 0.05) is 13.5 Å². The van der Waals surface area contributed by atoms with Crippen LogP contribution in [0.15, 0.2) is 0 Å². The van der Waals surface area contributed by atoms with Gasteiger partial charge in [-0.05, 0) is 6.42 Å². The van der Waals surface area contributed by atoms with Crippen molar-refractivity contribution in [2.75, 3.05) is 7.05 Å². The Morgan fingerprint density at radius 3 is 2.36 bits per heavy atom. The Labute approximate surface area is 65.5 Å². The monoisotopic (exact) mass is 159 g/mol. The molecule has 0 aliphatic carbocycles. The first-order valence-corrected chi connectivity index (χ1v) is 3.47. The van der Waals surface area contributed by atoms with E-state index in [0.29, 0.717) is 6.42 Å². The molecule has 0 radical (unpaired) electrons. The van der Waals surface area contributed by atoms with E-state index in [9.17, 15) is 9.59 Å². The molecule has 0 bridgehead atoms. The van der Waals surface area contributed by atoms with Gasteiger partial charge in [0.25, 0.3) is 0 Å². The van der Waals surface area contributed by atoms with Crippen molar-refractivity contribution in [3.63, 3.8) is 0 Å². The van der Waals surface area contributed by atoms with Crippen LogP contribution in [0, 0.1) is 0 Å². The molecule has 3 amide bonds. The molecule has 0 saturated heterocycles. The van der Waals surface area contributed by atoms with Crippen molar-refractivity contribution in [2.24, 2.45) is 0 Å². The molecule has 0 rings (SSSR count). The maximum atomic E-state index is 10.7. The minimum absolute atomic E-state index is 0.184. The summed E-state index contributed by atoms with van der Waals surface area (Å²) in [6, 6.07) is -0.422. The Bertz CT molecular complexity index is 147. The third-order valence-corrected chi connectivity index (χ3v) is 1.02. The zero-order valence-electron chi connectivity index (χ0n) is 6.73. The maximum Gasteiger partial charge on any atom is 0.333 e. The highest BCUT2D eigenvalue weighted by Gasteiger charge is 1.99. The Morgan fingerprint density at radius 1 is 1.27 bits per heavy atom. The van der Waals surface area contributed by atoms with E-state index in [0.717, 1.165) is 6.42 Å². The summed E-state index contributed by atoms with van der Waals surface area (Å²) in [5, 5.41) is 2.30. The Balaban J connectivity index is 3.38. The van der Waals surface area contributed by atoms with Crippen molar-refractivity contribution in [3.05, 3.63) is 0 Å². The topological polar surface area (TPSA) is 70.2 Å². The van der Waals surface area contributed by atoms with E-state index in [2.05, 4.69) is 16.2 Å². The van der Waals surface area contributed by atoms with Gasteiger partial charge >= 0.3 is 6.03 Å². The number of nitrogens with one attached hydrogen (secondary N) is 3. The van der Waals surface area contributed by atoms with Gasteiger partial charge in [0.15, 0.2) is 0 Å². The lowest BCUT2D eigenvalue weighted by Crippen LogP contribution is -2.45. The molecule has 0 aliphatic heterocycles. The van der Waals surface area contributed by atoms with Gasteiger partial charge in [0.05, 0.1) is 0 Å². The third-order valence-electron chi connectivity index (χ3n) is 1.02. The van der Waals surface area contributed by atoms with Crippen LogP contribution in [0.3, 0.4) is 0 Å². The molecule has 0 unspecified atom stereocenters. The van der Waals surface area contributed by atoms with E-state index >= 15 is 0 Å². The summed E-state index contributed by atoms with van der Waals surface area (Å²) in [7, 11) is 1.47. The van der Waals surface area contributed by atoms with Crippen LogP contribution in [-0.4, -0.2) is 19.0 Å². The quantitative estimate of drug-likeness (QED) is 0.486. The zero-order chi connectivity index (χ0) is 8.69. The van der Waals surface area contributed by atoms with Crippen molar-refractivity contribution in [3.8, 4) is 0 Å². The number of rotatable bonds is 2. The van der Waals surface area contributed by atoms with Crippen LogP contribution in [0.1, 0.15) is 19.8 Å². The number of hydrogen-bond donors (Lipinski definition) is 3. The Morgan fingerprint density at radius 2 is 1.91 bits per heavy atom. The fourth-order valence-corrected chi connectivity index (χ4v) is 0.479. The molecule has 5 nitrogen and oxygen atoms in total. The highest BCUT2D eigenvalue weighted by Crippen LogP contribution is 1.82. The van der Waals surface area contributed by atoms with Gasteiger partial charge in [-0.15, -0.1) is 0 Å². The molecule has 3 N–H and O–H groups in total. The molecular formula is C6H13N3O2. The van der Waals surface area contributed by atoms with Crippen molar-refractivity contribution < 1.29 is 9.59 Å². The maximum absolute atomic E-state index is 10.7. The van der Waals surface area contributed by atoms with E-state index in [1.165, 1.54) is 7.05 Å². The van der Waals surface area contributed by atoms with Gasteiger partial charge in [-0.25, -0.2) is 10.2 Å². The normalized spacial score (nSPS) is 8.55. The van der Waals surface area contributed by atoms with Crippen molar-refractivity contribution in [1.29, 1.82) is 0 Å². The summed E-state index contributed by atoms with van der Waals surface area (Å²) >= 11 is 0. The molecule has 0 spiro atoms. The summed E-state index contributed by atoms with van der Waals surface area (Å²) in [6.45, 7) is 1.89. The van der Waals surface area contributed by atoms with Crippen molar-refractivity contribution in [2.45, 2.75) is 19.8 Å². The van der Waals surface area contributed by atoms with Crippen molar-refractivity contribution in [1.82, 2.24) is 16.2 Å². The minimum atomic E-state index is -0.422. The summed E-state index contributed by atoms with van der Waals surface area (Å²) in [4.78, 5) is 21.2. The Hall–Kier alpha value is -1.26. The number of amides is 3. The lowest BCUT2D eigenvalue weighted by atomic mass is 10.3. The van der Waals surface area contributed by atoms with Crippen LogP contribution in [0.25, 0.3) is 0 Å². The van der Waals surface area contributed by atoms with E-state index < -0.39 is 6.03 Å². The second-order valence-corrected chi connectivity index (χ2v) is 2.00. The summed E-state index contributed by atoms with van der Waals surface area (Å²) in [5.74, 6) is -0.184. The van der Waals surface area contributed by atoms with Gasteiger partial charge in [-0.1, -0.05) is 6.92 Å². The Kier molecular flexibility index (Phi) is 4.89. The fraction of sp³-hybridized carbons (Fsp3) is 0.667. The highest BCUT2D eigenvalue weighted by molar-refractivity contribution is 5.80. The summed E-state index contributed by atoms with van der Waals surface area (Å²) in [5.41, 5.74) is 4.40. The number of hydrazine groups is 1. The highest BCUT2D eigenvalue weighted by atomic mass is 16.2. The fourth-order valence-electron chi connectivity index (χ4n) is 0.479. The lowest BCUT2D eigenvalue weighted by Gasteiger charge is -2.04. The van der Waals surface area contributed by atoms with Gasteiger partial charge in [0.2, 0.25) is 5.91 Å². The standard InChI is InChI=1S/C6H13N3O2/c1-3-4-5(10)8-9-6(11)7-2/h3-4H2,1-2H3,(H,8,10)(H2,7,9,11). The van der Waals surface area contributed by atoms with Gasteiger partial charge < -0.3 is 5.32 Å². The number of urea groups is 1. The molecule has 5 heteroatoms. The first-order chi connectivity index (χ1) is 5.20. The summed E-state index contributed by atoms with van der Waals surface area (Å²) in [6.07, 6.45) is 1.19. The number of carbonyl (C=O) groups is 2. The SMILES string of the molecule is CCCC(=O)NNC(=O)NC. The third kappa shape index (κ3) is 5.20. The van der Waals surface area contributed by atoms with Crippen LogP contribution < -0.4 is 16.2 Å². The zero-order valence-corrected chi connectivity index (χ0v) is 6.73. The van der Waals surface area contributed by atoms with E-state index in [-0.39, 0.29) is 5.91 Å². The lowest BCUT2D eigenvalue weighted by molar-refractivity contribution is -0.121. The van der Waals surface area contributed by atoms with Crippen LogP contribution in [0.2, 0.25) is 0 Å².